The summed E-state index contributed by atoms with van der Waals surface area (Å²) in [4.78, 5) is 14.0. The average Bonchev–Trinajstić information content (AvgIpc) is 2.35. The zero-order chi connectivity index (χ0) is 14.5. The number of aliphatic hydroxyl groups excluding tert-OH is 1. The first kappa shape index (κ1) is 14.7. The molecule has 1 aromatic rings. The van der Waals surface area contributed by atoms with Gasteiger partial charge in [0.05, 0.1) is 12.2 Å². The Morgan fingerprint density at radius 1 is 1.40 bits per heavy atom. The van der Waals surface area contributed by atoms with Gasteiger partial charge in [0.2, 0.25) is 0 Å². The van der Waals surface area contributed by atoms with Gasteiger partial charge in [-0.2, -0.15) is 8.78 Å². The third-order valence-electron chi connectivity index (χ3n) is 3.45. The highest BCUT2D eigenvalue weighted by Crippen LogP contribution is 2.28. The first-order valence-electron chi connectivity index (χ1n) is 6.59. The fourth-order valence-electron chi connectivity index (χ4n) is 2.25. The van der Waals surface area contributed by atoms with Crippen LogP contribution in [-0.4, -0.2) is 41.7 Å². The van der Waals surface area contributed by atoms with Crippen molar-refractivity contribution in [1.29, 1.82) is 0 Å². The second-order valence-electron chi connectivity index (χ2n) is 4.68. The molecule has 0 radical (unpaired) electrons. The third kappa shape index (κ3) is 3.25. The summed E-state index contributed by atoms with van der Waals surface area (Å²) in [6, 6.07) is 6.02. The van der Waals surface area contributed by atoms with Crippen LogP contribution in [0.3, 0.4) is 0 Å². The maximum atomic E-state index is 12.5. The summed E-state index contributed by atoms with van der Waals surface area (Å²) in [5.41, 5.74) is 0.105. The van der Waals surface area contributed by atoms with Crippen LogP contribution in [0.15, 0.2) is 24.3 Å². The topological polar surface area (TPSA) is 49.8 Å². The number of hydrogen-bond donors (Lipinski definition) is 1. The molecule has 2 rings (SSSR count). The number of hydrogen-bond acceptors (Lipinski definition) is 3. The van der Waals surface area contributed by atoms with Crippen molar-refractivity contribution in [3.8, 4) is 5.75 Å². The molecule has 0 unspecified atom stereocenters. The quantitative estimate of drug-likeness (QED) is 0.872. The first-order valence-corrected chi connectivity index (χ1v) is 6.59. The van der Waals surface area contributed by atoms with Crippen LogP contribution in [-0.2, 0) is 0 Å². The second-order valence-corrected chi connectivity index (χ2v) is 4.68. The Kier molecular flexibility index (Phi) is 4.89. The lowest BCUT2D eigenvalue weighted by Gasteiger charge is -2.37. The van der Waals surface area contributed by atoms with Crippen LogP contribution in [0.25, 0.3) is 0 Å². The van der Waals surface area contributed by atoms with Gasteiger partial charge < -0.3 is 14.7 Å². The lowest BCUT2D eigenvalue weighted by atomic mass is 9.91. The largest absolute Gasteiger partial charge is 0.434 e. The number of nitrogens with zero attached hydrogens (tertiary/aromatic N) is 1. The van der Waals surface area contributed by atoms with E-state index in [0.717, 1.165) is 19.3 Å². The first-order chi connectivity index (χ1) is 9.63. The summed E-state index contributed by atoms with van der Waals surface area (Å²) in [6.07, 6.45) is 2.79. The molecule has 6 heteroatoms. The van der Waals surface area contributed by atoms with Crippen LogP contribution in [0.4, 0.5) is 8.78 Å². The predicted molar refractivity (Wildman–Crippen MR) is 68.8 cm³/mol. The molecular formula is C14H17F2NO3. The van der Waals surface area contributed by atoms with E-state index >= 15 is 0 Å². The van der Waals surface area contributed by atoms with Crippen molar-refractivity contribution in [2.75, 3.05) is 13.2 Å². The zero-order valence-electron chi connectivity index (χ0n) is 11.0. The summed E-state index contributed by atoms with van der Waals surface area (Å²) in [6.45, 7) is -2.92. The van der Waals surface area contributed by atoms with Crippen molar-refractivity contribution in [2.45, 2.75) is 31.9 Å². The van der Waals surface area contributed by atoms with E-state index in [1.807, 2.05) is 0 Å². The summed E-state index contributed by atoms with van der Waals surface area (Å²) in [5, 5.41) is 9.07. The number of carbonyl (C=O) groups is 1. The minimum Gasteiger partial charge on any atom is -0.434 e. The number of benzene rings is 1. The molecule has 20 heavy (non-hydrogen) atoms. The van der Waals surface area contributed by atoms with E-state index in [1.54, 1.807) is 6.07 Å². The fourth-order valence-corrected chi connectivity index (χ4v) is 2.25. The lowest BCUT2D eigenvalue weighted by Crippen LogP contribution is -2.45. The van der Waals surface area contributed by atoms with Gasteiger partial charge in [-0.1, -0.05) is 12.1 Å². The van der Waals surface area contributed by atoms with Gasteiger partial charge in [0.25, 0.3) is 5.91 Å². The maximum absolute atomic E-state index is 12.5. The molecule has 1 aromatic carbocycles. The normalized spacial score (nSPS) is 15.0. The van der Waals surface area contributed by atoms with Crippen LogP contribution in [0.1, 0.15) is 29.6 Å². The van der Waals surface area contributed by atoms with Crippen molar-refractivity contribution in [3.63, 3.8) is 0 Å². The van der Waals surface area contributed by atoms with Gasteiger partial charge in [-0.25, -0.2) is 0 Å². The molecule has 0 bridgehead atoms. The predicted octanol–water partition coefficient (Wildman–Crippen LogP) is 2.28. The standard InChI is InChI=1S/C14H17F2NO3/c15-14(16)20-12-7-2-1-6-11(12)13(19)17(8-9-18)10-4-3-5-10/h1-2,6-7,10,14,18H,3-5,8-9H2. The Morgan fingerprint density at radius 2 is 2.10 bits per heavy atom. The van der Waals surface area contributed by atoms with E-state index in [4.69, 9.17) is 5.11 Å². The van der Waals surface area contributed by atoms with Crippen molar-refractivity contribution in [1.82, 2.24) is 4.90 Å². The van der Waals surface area contributed by atoms with Crippen molar-refractivity contribution < 1.29 is 23.4 Å². The molecule has 0 heterocycles. The van der Waals surface area contributed by atoms with Crippen LogP contribution >= 0.6 is 0 Å². The van der Waals surface area contributed by atoms with Crippen molar-refractivity contribution in [3.05, 3.63) is 29.8 Å². The molecule has 0 aromatic heterocycles. The lowest BCUT2D eigenvalue weighted by molar-refractivity contribution is -0.0503. The molecule has 0 saturated heterocycles. The van der Waals surface area contributed by atoms with Gasteiger partial charge in [0.1, 0.15) is 5.75 Å². The molecule has 1 saturated carbocycles. The highest BCUT2D eigenvalue weighted by molar-refractivity contribution is 5.97. The molecule has 1 amide bonds. The second kappa shape index (κ2) is 6.65. The van der Waals surface area contributed by atoms with E-state index in [-0.39, 0.29) is 36.4 Å². The monoisotopic (exact) mass is 285 g/mol. The number of carbonyl (C=O) groups excluding carboxylic acids is 1. The SMILES string of the molecule is O=C(c1ccccc1OC(F)F)N(CCO)C1CCC1. The van der Waals surface area contributed by atoms with Crippen LogP contribution in [0.2, 0.25) is 0 Å². The van der Waals surface area contributed by atoms with Gasteiger partial charge >= 0.3 is 6.61 Å². The number of aliphatic hydroxyl groups is 1. The van der Waals surface area contributed by atoms with Gasteiger partial charge in [0, 0.05) is 12.6 Å². The molecule has 1 N–H and O–H groups in total. The minimum absolute atomic E-state index is 0.0780. The number of para-hydroxylation sites is 1. The third-order valence-corrected chi connectivity index (χ3v) is 3.45. The van der Waals surface area contributed by atoms with Crippen LogP contribution in [0, 0.1) is 0 Å². The average molecular weight is 285 g/mol. The fraction of sp³-hybridized carbons (Fsp3) is 0.500. The van der Waals surface area contributed by atoms with Gasteiger partial charge in [-0.05, 0) is 31.4 Å². The van der Waals surface area contributed by atoms with E-state index in [9.17, 15) is 13.6 Å². The van der Waals surface area contributed by atoms with E-state index < -0.39 is 6.61 Å². The van der Waals surface area contributed by atoms with Gasteiger partial charge in [0.15, 0.2) is 0 Å². The number of amides is 1. The molecule has 0 atom stereocenters. The summed E-state index contributed by atoms with van der Waals surface area (Å²) in [7, 11) is 0. The molecule has 1 aliphatic rings. The number of rotatable bonds is 6. The molecule has 110 valence electrons. The molecule has 0 aliphatic heterocycles. The van der Waals surface area contributed by atoms with Crippen molar-refractivity contribution in [2.24, 2.45) is 0 Å². The molecule has 0 spiro atoms. The summed E-state index contributed by atoms with van der Waals surface area (Å²) >= 11 is 0. The smallest absolute Gasteiger partial charge is 0.387 e. The molecular weight excluding hydrogens is 268 g/mol. The van der Waals surface area contributed by atoms with Crippen LogP contribution < -0.4 is 4.74 Å². The maximum Gasteiger partial charge on any atom is 0.387 e. The number of alkyl halides is 2. The number of ether oxygens (including phenoxy) is 1. The Labute approximate surface area is 116 Å². The Hall–Kier alpha value is -1.69. The number of halogens is 2. The zero-order valence-corrected chi connectivity index (χ0v) is 11.0. The Balaban J connectivity index is 2.21. The van der Waals surface area contributed by atoms with Gasteiger partial charge in [-0.3, -0.25) is 4.79 Å². The molecule has 1 fully saturated rings. The molecule has 4 nitrogen and oxygen atoms in total. The van der Waals surface area contributed by atoms with Crippen molar-refractivity contribution >= 4 is 5.91 Å². The van der Waals surface area contributed by atoms with Gasteiger partial charge in [-0.15, -0.1) is 0 Å². The Morgan fingerprint density at radius 3 is 2.65 bits per heavy atom. The Bertz CT molecular complexity index is 463. The minimum atomic E-state index is -2.97. The summed E-state index contributed by atoms with van der Waals surface area (Å²) in [5.74, 6) is -0.505. The highest BCUT2D eigenvalue weighted by atomic mass is 19.3. The van der Waals surface area contributed by atoms with E-state index in [0.29, 0.717) is 0 Å². The summed E-state index contributed by atoms with van der Waals surface area (Å²) < 4.78 is 29.1. The molecule has 1 aliphatic carbocycles. The van der Waals surface area contributed by atoms with E-state index in [2.05, 4.69) is 4.74 Å². The highest BCUT2D eigenvalue weighted by Gasteiger charge is 2.30. The van der Waals surface area contributed by atoms with E-state index in [1.165, 1.54) is 23.1 Å². The van der Waals surface area contributed by atoms with Crippen LogP contribution in [0.5, 0.6) is 5.75 Å².